The van der Waals surface area contributed by atoms with E-state index in [1.165, 1.54) is 5.56 Å². The molecule has 0 N–H and O–H groups in total. The minimum atomic E-state index is 0.109. The molecule has 3 heteroatoms. The molecule has 0 amide bonds. The van der Waals surface area contributed by atoms with Crippen molar-refractivity contribution in [3.05, 3.63) is 57.5 Å². The second-order valence-electron chi connectivity index (χ2n) is 5.45. The maximum Gasteiger partial charge on any atom is 0.128 e. The molecule has 0 bridgehead atoms. The summed E-state index contributed by atoms with van der Waals surface area (Å²) in [6, 6.07) is 13.4. The average Bonchev–Trinajstić information content (AvgIpc) is 2.30. The molecule has 0 aromatic heterocycles. The summed E-state index contributed by atoms with van der Waals surface area (Å²) in [7, 11) is 0. The van der Waals surface area contributed by atoms with Crippen LogP contribution in [0.5, 0.6) is 11.5 Å². The van der Waals surface area contributed by atoms with Crippen molar-refractivity contribution < 1.29 is 4.74 Å². The van der Waals surface area contributed by atoms with Crippen molar-refractivity contribution in [1.82, 2.24) is 0 Å². The van der Waals surface area contributed by atoms with Crippen molar-refractivity contribution in [2.24, 2.45) is 0 Å². The Balaban J connectivity index is 2.23. The molecule has 2 aromatic rings. The first-order valence-electron chi connectivity index (χ1n) is 6.10. The zero-order chi connectivity index (χ0) is 14.0. The van der Waals surface area contributed by atoms with Crippen molar-refractivity contribution in [1.29, 1.82) is 0 Å². The van der Waals surface area contributed by atoms with E-state index in [1.54, 1.807) is 0 Å². The number of halogens is 2. The molecule has 0 spiro atoms. The van der Waals surface area contributed by atoms with Gasteiger partial charge in [-0.3, -0.25) is 0 Å². The topological polar surface area (TPSA) is 9.23 Å². The van der Waals surface area contributed by atoms with Crippen LogP contribution < -0.4 is 4.74 Å². The van der Waals surface area contributed by atoms with Gasteiger partial charge in [0.1, 0.15) is 11.5 Å². The third-order valence-corrected chi connectivity index (χ3v) is 3.71. The van der Waals surface area contributed by atoms with Gasteiger partial charge in [0.2, 0.25) is 0 Å². The Morgan fingerprint density at radius 1 is 0.947 bits per heavy atom. The molecule has 19 heavy (non-hydrogen) atoms. The molecule has 0 aliphatic heterocycles. The van der Waals surface area contributed by atoms with Crippen LogP contribution in [0.4, 0.5) is 0 Å². The predicted octanol–water partition coefficient (Wildman–Crippen LogP) is 6.19. The van der Waals surface area contributed by atoms with E-state index in [0.717, 1.165) is 16.0 Å². The smallest absolute Gasteiger partial charge is 0.128 e. The van der Waals surface area contributed by atoms with Crippen LogP contribution in [-0.4, -0.2) is 0 Å². The lowest BCUT2D eigenvalue weighted by atomic mass is 9.87. The van der Waals surface area contributed by atoms with Gasteiger partial charge in [-0.25, -0.2) is 0 Å². The normalized spacial score (nSPS) is 11.4. The molecule has 2 aromatic carbocycles. The molecular weight excluding hydrogens is 324 g/mol. The first kappa shape index (κ1) is 14.4. The predicted molar refractivity (Wildman–Crippen MR) is 84.4 cm³/mol. The van der Waals surface area contributed by atoms with E-state index in [2.05, 4.69) is 42.8 Å². The van der Waals surface area contributed by atoms with Crippen molar-refractivity contribution in [3.63, 3.8) is 0 Å². The molecular formula is C16H16BrClO. The highest BCUT2D eigenvalue weighted by Gasteiger charge is 2.17. The van der Waals surface area contributed by atoms with E-state index < -0.39 is 0 Å². The van der Waals surface area contributed by atoms with Crippen LogP contribution in [0.15, 0.2) is 46.9 Å². The first-order chi connectivity index (χ1) is 8.86. The fraction of sp³-hybridized carbons (Fsp3) is 0.250. The number of hydrogen-bond donors (Lipinski definition) is 0. The van der Waals surface area contributed by atoms with Crippen LogP contribution in [0, 0.1) is 0 Å². The summed E-state index contributed by atoms with van der Waals surface area (Å²) in [6.45, 7) is 6.56. The van der Waals surface area contributed by atoms with Crippen molar-refractivity contribution >= 4 is 27.5 Å². The fourth-order valence-corrected chi connectivity index (χ4v) is 2.88. The van der Waals surface area contributed by atoms with Gasteiger partial charge in [-0.15, -0.1) is 0 Å². The van der Waals surface area contributed by atoms with Crippen LogP contribution in [0.1, 0.15) is 26.3 Å². The Kier molecular flexibility index (Phi) is 4.22. The average molecular weight is 340 g/mol. The molecule has 0 radical (unpaired) electrons. The lowest BCUT2D eigenvalue weighted by Gasteiger charge is -2.21. The van der Waals surface area contributed by atoms with Gasteiger partial charge in [0.25, 0.3) is 0 Å². The summed E-state index contributed by atoms with van der Waals surface area (Å²) in [4.78, 5) is 0. The summed E-state index contributed by atoms with van der Waals surface area (Å²) in [5.74, 6) is 1.59. The monoisotopic (exact) mass is 338 g/mol. The van der Waals surface area contributed by atoms with Crippen molar-refractivity contribution in [2.75, 3.05) is 0 Å². The summed E-state index contributed by atoms with van der Waals surface area (Å²) in [5, 5.41) is 0.705. The number of benzene rings is 2. The Bertz CT molecular complexity index is 570. The van der Waals surface area contributed by atoms with Gasteiger partial charge in [0.15, 0.2) is 0 Å². The lowest BCUT2D eigenvalue weighted by molar-refractivity contribution is 0.481. The Labute approximate surface area is 127 Å². The Morgan fingerprint density at radius 2 is 1.53 bits per heavy atom. The molecule has 0 unspecified atom stereocenters. The van der Waals surface area contributed by atoms with Gasteiger partial charge in [-0.2, -0.15) is 0 Å². The van der Waals surface area contributed by atoms with Crippen LogP contribution >= 0.6 is 27.5 Å². The van der Waals surface area contributed by atoms with E-state index in [9.17, 15) is 0 Å². The van der Waals surface area contributed by atoms with Gasteiger partial charge >= 0.3 is 0 Å². The zero-order valence-corrected chi connectivity index (χ0v) is 13.5. The summed E-state index contributed by atoms with van der Waals surface area (Å²) < 4.78 is 6.85. The first-order valence-corrected chi connectivity index (χ1v) is 7.27. The molecule has 0 heterocycles. The molecule has 0 saturated heterocycles. The largest absolute Gasteiger partial charge is 0.457 e. The standard InChI is InChI=1S/C16H16BrClO/c1-16(2,3)14-9-8-13(10-15(14)17)19-12-6-4-11(18)5-7-12/h4-10H,1-3H3. The third kappa shape index (κ3) is 3.74. The maximum atomic E-state index is 5.85. The quantitative estimate of drug-likeness (QED) is 0.633. The van der Waals surface area contributed by atoms with E-state index in [1.807, 2.05) is 36.4 Å². The molecule has 0 atom stereocenters. The SMILES string of the molecule is CC(C)(C)c1ccc(Oc2ccc(Cl)cc2)cc1Br. The van der Waals surface area contributed by atoms with Crippen LogP contribution in [0.3, 0.4) is 0 Å². The highest BCUT2D eigenvalue weighted by molar-refractivity contribution is 9.10. The maximum absolute atomic E-state index is 5.85. The minimum Gasteiger partial charge on any atom is -0.457 e. The minimum absolute atomic E-state index is 0.109. The van der Waals surface area contributed by atoms with E-state index >= 15 is 0 Å². The zero-order valence-electron chi connectivity index (χ0n) is 11.2. The molecule has 0 aliphatic carbocycles. The molecule has 2 rings (SSSR count). The molecule has 0 fully saturated rings. The lowest BCUT2D eigenvalue weighted by Crippen LogP contribution is -2.11. The second kappa shape index (κ2) is 5.56. The van der Waals surface area contributed by atoms with E-state index in [0.29, 0.717) is 5.02 Å². The van der Waals surface area contributed by atoms with Gasteiger partial charge in [-0.1, -0.05) is 54.4 Å². The Hall–Kier alpha value is -0.990. The van der Waals surface area contributed by atoms with E-state index in [-0.39, 0.29) is 5.41 Å². The fourth-order valence-electron chi connectivity index (χ4n) is 1.81. The molecule has 100 valence electrons. The van der Waals surface area contributed by atoms with Gasteiger partial charge in [-0.05, 0) is 47.4 Å². The van der Waals surface area contributed by atoms with Crippen LogP contribution in [0.25, 0.3) is 0 Å². The molecule has 1 nitrogen and oxygen atoms in total. The van der Waals surface area contributed by atoms with Crippen LogP contribution in [-0.2, 0) is 5.41 Å². The van der Waals surface area contributed by atoms with Gasteiger partial charge in [0.05, 0.1) is 0 Å². The van der Waals surface area contributed by atoms with E-state index in [4.69, 9.17) is 16.3 Å². The molecule has 0 aliphatic rings. The second-order valence-corrected chi connectivity index (χ2v) is 6.74. The van der Waals surface area contributed by atoms with Crippen molar-refractivity contribution in [2.45, 2.75) is 26.2 Å². The number of hydrogen-bond acceptors (Lipinski definition) is 1. The van der Waals surface area contributed by atoms with Crippen LogP contribution in [0.2, 0.25) is 5.02 Å². The van der Waals surface area contributed by atoms with Crippen molar-refractivity contribution in [3.8, 4) is 11.5 Å². The number of ether oxygens (including phenoxy) is 1. The number of rotatable bonds is 2. The summed E-state index contributed by atoms with van der Waals surface area (Å²) >= 11 is 9.45. The third-order valence-electron chi connectivity index (χ3n) is 2.80. The highest BCUT2D eigenvalue weighted by atomic mass is 79.9. The molecule has 0 saturated carbocycles. The summed E-state index contributed by atoms with van der Waals surface area (Å²) in [6.07, 6.45) is 0. The van der Waals surface area contributed by atoms with Gasteiger partial charge < -0.3 is 4.74 Å². The summed E-state index contributed by atoms with van der Waals surface area (Å²) in [5.41, 5.74) is 1.37. The highest BCUT2D eigenvalue weighted by Crippen LogP contribution is 2.33. The van der Waals surface area contributed by atoms with Gasteiger partial charge in [0, 0.05) is 9.50 Å². The Morgan fingerprint density at radius 3 is 2.05 bits per heavy atom.